The number of carbonyl (C=O) groups is 1. The monoisotopic (exact) mass is 577 g/mol. The smallest absolute Gasteiger partial charge is 0.289 e. The number of furan rings is 1. The Hall–Kier alpha value is -3.63. The lowest BCUT2D eigenvalue weighted by Crippen LogP contribution is -2.50. The first-order valence-electron chi connectivity index (χ1n) is 15.4. The van der Waals surface area contributed by atoms with E-state index in [1.807, 2.05) is 71.6 Å². The summed E-state index contributed by atoms with van der Waals surface area (Å²) in [5, 5.41) is 12.4. The van der Waals surface area contributed by atoms with Crippen LogP contribution in [0.3, 0.4) is 0 Å². The molecule has 3 aromatic carbocycles. The van der Waals surface area contributed by atoms with Crippen LogP contribution in [-0.4, -0.2) is 28.5 Å². The van der Waals surface area contributed by atoms with E-state index in [4.69, 9.17) is 4.42 Å². The second kappa shape index (κ2) is 11.5. The van der Waals surface area contributed by atoms with E-state index in [0.717, 1.165) is 23.3 Å². The molecule has 1 atom stereocenters. The van der Waals surface area contributed by atoms with Gasteiger partial charge in [-0.05, 0) is 89.0 Å². The number of rotatable bonds is 6. The molecular formula is C39H47NO3. The second-order valence-electron chi connectivity index (χ2n) is 13.7. The van der Waals surface area contributed by atoms with Crippen molar-refractivity contribution in [2.45, 2.75) is 96.6 Å². The minimum Gasteiger partial charge on any atom is -0.456 e. The summed E-state index contributed by atoms with van der Waals surface area (Å²) < 4.78 is 6.25. The Morgan fingerprint density at radius 2 is 1.44 bits per heavy atom. The minimum absolute atomic E-state index is 0. The standard InChI is InChI=1S/C38H43NO3.CH4/c1-26-23-31-32(37(4,5)21-20-36(31,2)3)25-27(26)24-30-18-19-33(42-30)35(40)39-22-12-17-34(39)38(41,28-13-8-6-9-14-28)29-15-10-7-11-16-29;/h6-11,13-16,18-19,23,25,34,41H,12,17,20-22,24H2,1-5H3;1H4. The quantitative estimate of drug-likeness (QED) is 0.249. The minimum atomic E-state index is -1.33. The summed E-state index contributed by atoms with van der Waals surface area (Å²) in [6.45, 7) is 12.2. The molecule has 1 aromatic heterocycles. The van der Waals surface area contributed by atoms with Crippen molar-refractivity contribution in [2.75, 3.05) is 6.54 Å². The van der Waals surface area contributed by atoms with Crippen molar-refractivity contribution in [3.8, 4) is 0 Å². The summed E-state index contributed by atoms with van der Waals surface area (Å²) in [6.07, 6.45) is 4.54. The first-order valence-corrected chi connectivity index (χ1v) is 15.4. The highest BCUT2D eigenvalue weighted by Gasteiger charge is 2.47. The van der Waals surface area contributed by atoms with Crippen LogP contribution in [0.5, 0.6) is 0 Å². The van der Waals surface area contributed by atoms with Gasteiger partial charge in [-0.15, -0.1) is 0 Å². The van der Waals surface area contributed by atoms with Gasteiger partial charge in [0, 0.05) is 13.0 Å². The third-order valence-corrected chi connectivity index (χ3v) is 9.97. The average molecular weight is 578 g/mol. The van der Waals surface area contributed by atoms with E-state index in [-0.39, 0.29) is 24.2 Å². The number of benzene rings is 3. The number of hydrogen-bond donors (Lipinski definition) is 1. The van der Waals surface area contributed by atoms with Crippen molar-refractivity contribution in [3.05, 3.63) is 130 Å². The Bertz CT molecular complexity index is 1540. The fourth-order valence-corrected chi connectivity index (χ4v) is 7.25. The second-order valence-corrected chi connectivity index (χ2v) is 13.7. The lowest BCUT2D eigenvalue weighted by Gasteiger charge is -2.42. The fraction of sp³-hybridized carbons (Fsp3) is 0.410. The van der Waals surface area contributed by atoms with E-state index < -0.39 is 11.6 Å². The first-order chi connectivity index (χ1) is 20.0. The lowest BCUT2D eigenvalue weighted by molar-refractivity contribution is -0.00186. The van der Waals surface area contributed by atoms with Crippen molar-refractivity contribution < 1.29 is 14.3 Å². The summed E-state index contributed by atoms with van der Waals surface area (Å²) in [5.41, 5.74) is 5.95. The maximum Gasteiger partial charge on any atom is 0.289 e. The zero-order valence-corrected chi connectivity index (χ0v) is 25.6. The zero-order valence-electron chi connectivity index (χ0n) is 25.6. The molecule has 1 aliphatic heterocycles. The molecule has 2 aliphatic rings. The van der Waals surface area contributed by atoms with Crippen LogP contribution in [0.1, 0.15) is 111 Å². The molecular weight excluding hydrogens is 530 g/mol. The Balaban J connectivity index is 0.00000368. The molecule has 6 rings (SSSR count). The highest BCUT2D eigenvalue weighted by atomic mass is 16.4. The summed E-state index contributed by atoms with van der Waals surface area (Å²) in [6, 6.07) is 27.5. The van der Waals surface area contributed by atoms with Crippen molar-refractivity contribution in [2.24, 2.45) is 0 Å². The van der Waals surface area contributed by atoms with Gasteiger partial charge in [0.05, 0.1) is 6.04 Å². The van der Waals surface area contributed by atoms with Crippen LogP contribution in [-0.2, 0) is 22.9 Å². The van der Waals surface area contributed by atoms with Crippen LogP contribution in [0, 0.1) is 6.92 Å². The first kappa shape index (κ1) is 30.8. The Labute approximate surface area is 257 Å². The molecule has 4 heteroatoms. The lowest BCUT2D eigenvalue weighted by atomic mass is 9.62. The molecule has 1 saturated heterocycles. The Morgan fingerprint density at radius 1 is 0.884 bits per heavy atom. The molecule has 0 saturated carbocycles. The molecule has 4 aromatic rings. The number of hydrogen-bond acceptors (Lipinski definition) is 3. The number of aryl methyl sites for hydroxylation is 1. The largest absolute Gasteiger partial charge is 0.456 e. The van der Waals surface area contributed by atoms with Gasteiger partial charge in [-0.1, -0.05) is 108 Å². The number of carbonyl (C=O) groups excluding carboxylic acids is 1. The van der Waals surface area contributed by atoms with Gasteiger partial charge in [0.15, 0.2) is 5.76 Å². The molecule has 226 valence electrons. The van der Waals surface area contributed by atoms with E-state index in [1.165, 1.54) is 35.1 Å². The van der Waals surface area contributed by atoms with E-state index >= 15 is 0 Å². The molecule has 0 radical (unpaired) electrons. The SMILES string of the molecule is C.Cc1cc2c(cc1Cc1ccc(C(=O)N3CCCC3C(O)(c3ccccc3)c3ccccc3)o1)C(C)(C)CCC2(C)C. The number of amides is 1. The molecule has 4 nitrogen and oxygen atoms in total. The molecule has 0 bridgehead atoms. The number of fused-ring (bicyclic) bond motifs is 1. The van der Waals surface area contributed by atoms with Gasteiger partial charge in [0.2, 0.25) is 0 Å². The van der Waals surface area contributed by atoms with Gasteiger partial charge in [0.25, 0.3) is 5.91 Å². The van der Waals surface area contributed by atoms with Crippen molar-refractivity contribution >= 4 is 5.91 Å². The van der Waals surface area contributed by atoms with Gasteiger partial charge in [-0.3, -0.25) is 4.79 Å². The van der Waals surface area contributed by atoms with Gasteiger partial charge in [-0.2, -0.15) is 0 Å². The molecule has 2 heterocycles. The van der Waals surface area contributed by atoms with Gasteiger partial charge in [0.1, 0.15) is 11.4 Å². The number of aliphatic hydroxyl groups is 1. The average Bonchev–Trinajstić information content (AvgIpc) is 3.67. The molecule has 1 N–H and O–H groups in total. The van der Waals surface area contributed by atoms with Crippen LogP contribution in [0.2, 0.25) is 0 Å². The maximum atomic E-state index is 14.0. The number of nitrogens with zero attached hydrogens (tertiary/aromatic N) is 1. The molecule has 1 fully saturated rings. The van der Waals surface area contributed by atoms with E-state index in [9.17, 15) is 9.90 Å². The third-order valence-electron chi connectivity index (χ3n) is 9.97. The van der Waals surface area contributed by atoms with Crippen LogP contribution in [0.25, 0.3) is 0 Å². The normalized spacial score (nSPS) is 19.0. The Kier molecular flexibility index (Phi) is 8.22. The van der Waals surface area contributed by atoms with Crippen LogP contribution < -0.4 is 0 Å². The van der Waals surface area contributed by atoms with Crippen LogP contribution in [0.15, 0.2) is 89.3 Å². The summed E-state index contributed by atoms with van der Waals surface area (Å²) in [4.78, 5) is 15.8. The van der Waals surface area contributed by atoms with Crippen LogP contribution >= 0.6 is 0 Å². The number of likely N-dealkylation sites (tertiary alicyclic amines) is 1. The third kappa shape index (κ3) is 5.47. The fourth-order valence-electron chi connectivity index (χ4n) is 7.25. The van der Waals surface area contributed by atoms with Crippen molar-refractivity contribution in [1.82, 2.24) is 4.90 Å². The predicted octanol–water partition coefficient (Wildman–Crippen LogP) is 8.70. The van der Waals surface area contributed by atoms with Crippen molar-refractivity contribution in [1.29, 1.82) is 0 Å². The molecule has 0 spiro atoms. The molecule has 1 aliphatic carbocycles. The van der Waals surface area contributed by atoms with Gasteiger partial charge >= 0.3 is 0 Å². The highest BCUT2D eigenvalue weighted by molar-refractivity contribution is 5.92. The maximum absolute atomic E-state index is 14.0. The molecule has 1 unspecified atom stereocenters. The summed E-state index contributed by atoms with van der Waals surface area (Å²) >= 11 is 0. The van der Waals surface area contributed by atoms with Crippen molar-refractivity contribution in [3.63, 3.8) is 0 Å². The Morgan fingerprint density at radius 3 is 2.02 bits per heavy atom. The zero-order chi connectivity index (χ0) is 29.7. The van der Waals surface area contributed by atoms with Gasteiger partial charge < -0.3 is 14.4 Å². The van der Waals surface area contributed by atoms with E-state index in [0.29, 0.717) is 25.1 Å². The highest BCUT2D eigenvalue weighted by Crippen LogP contribution is 2.47. The van der Waals surface area contributed by atoms with Gasteiger partial charge in [-0.25, -0.2) is 0 Å². The summed E-state index contributed by atoms with van der Waals surface area (Å²) in [5.74, 6) is 0.947. The molecule has 43 heavy (non-hydrogen) atoms. The van der Waals surface area contributed by atoms with E-state index in [1.54, 1.807) is 6.07 Å². The topological polar surface area (TPSA) is 53.7 Å². The van der Waals surface area contributed by atoms with Crippen LogP contribution in [0.4, 0.5) is 0 Å². The predicted molar refractivity (Wildman–Crippen MR) is 175 cm³/mol. The molecule has 1 amide bonds. The summed E-state index contributed by atoms with van der Waals surface area (Å²) in [7, 11) is 0. The van der Waals surface area contributed by atoms with E-state index in [2.05, 4.69) is 46.8 Å².